The van der Waals surface area contributed by atoms with Crippen molar-refractivity contribution >= 4 is 11.8 Å². The first kappa shape index (κ1) is 13.5. The third kappa shape index (κ3) is 3.51. The van der Waals surface area contributed by atoms with Crippen LogP contribution in [0.1, 0.15) is 22.3 Å². The average molecular weight is 259 g/mol. The molecule has 0 saturated heterocycles. The standard InChI is InChI=1S/C15H17NO3/c1-11-4-6-12(7-5-11)14(17)10-16-8-2-3-13(9-16)15(18)19/h3-7H,2,8-10H2,1H3,(H,18,19). The molecule has 0 bridgehead atoms. The van der Waals surface area contributed by atoms with Crippen LogP contribution in [-0.2, 0) is 4.79 Å². The molecule has 0 unspecified atom stereocenters. The molecule has 1 heterocycles. The van der Waals surface area contributed by atoms with E-state index >= 15 is 0 Å². The van der Waals surface area contributed by atoms with Gasteiger partial charge in [0.05, 0.1) is 6.54 Å². The molecule has 0 aromatic heterocycles. The molecule has 0 atom stereocenters. The number of carboxylic acids is 1. The van der Waals surface area contributed by atoms with E-state index in [4.69, 9.17) is 5.11 Å². The van der Waals surface area contributed by atoms with Gasteiger partial charge in [0, 0.05) is 24.2 Å². The Labute approximate surface area is 112 Å². The normalized spacial score (nSPS) is 15.9. The van der Waals surface area contributed by atoms with Gasteiger partial charge in [-0.3, -0.25) is 9.69 Å². The topological polar surface area (TPSA) is 57.6 Å². The van der Waals surface area contributed by atoms with E-state index in [9.17, 15) is 9.59 Å². The highest BCUT2D eigenvalue weighted by Gasteiger charge is 2.19. The number of hydrogen-bond donors (Lipinski definition) is 1. The summed E-state index contributed by atoms with van der Waals surface area (Å²) in [6.07, 6.45) is 2.41. The molecule has 0 saturated carbocycles. The summed E-state index contributed by atoms with van der Waals surface area (Å²) in [6, 6.07) is 7.45. The van der Waals surface area contributed by atoms with Crippen molar-refractivity contribution in [3.63, 3.8) is 0 Å². The smallest absolute Gasteiger partial charge is 0.332 e. The van der Waals surface area contributed by atoms with E-state index in [1.807, 2.05) is 36.1 Å². The van der Waals surface area contributed by atoms with Crippen LogP contribution in [0, 0.1) is 6.92 Å². The summed E-state index contributed by atoms with van der Waals surface area (Å²) in [7, 11) is 0. The van der Waals surface area contributed by atoms with Crippen molar-refractivity contribution in [3.8, 4) is 0 Å². The van der Waals surface area contributed by atoms with Gasteiger partial charge < -0.3 is 5.11 Å². The molecule has 0 aliphatic carbocycles. The van der Waals surface area contributed by atoms with Gasteiger partial charge in [0.15, 0.2) is 5.78 Å². The Bertz CT molecular complexity index is 517. The molecular formula is C15H17NO3. The third-order valence-electron chi connectivity index (χ3n) is 3.25. The lowest BCUT2D eigenvalue weighted by Gasteiger charge is -2.24. The molecule has 1 aromatic carbocycles. The monoisotopic (exact) mass is 259 g/mol. The first-order valence-electron chi connectivity index (χ1n) is 6.31. The minimum Gasteiger partial charge on any atom is -0.478 e. The Balaban J connectivity index is 1.98. The Hall–Kier alpha value is -1.94. The molecule has 1 aliphatic rings. The van der Waals surface area contributed by atoms with E-state index < -0.39 is 5.97 Å². The molecule has 1 aliphatic heterocycles. The van der Waals surface area contributed by atoms with E-state index in [0.29, 0.717) is 24.1 Å². The quantitative estimate of drug-likeness (QED) is 0.839. The molecule has 0 radical (unpaired) electrons. The van der Waals surface area contributed by atoms with Crippen molar-refractivity contribution in [3.05, 3.63) is 47.0 Å². The second-order valence-corrected chi connectivity index (χ2v) is 4.82. The van der Waals surface area contributed by atoms with Crippen molar-refractivity contribution in [1.29, 1.82) is 0 Å². The summed E-state index contributed by atoms with van der Waals surface area (Å²) in [5.74, 6) is -0.862. The predicted molar refractivity (Wildman–Crippen MR) is 72.3 cm³/mol. The zero-order valence-electron chi connectivity index (χ0n) is 10.9. The fourth-order valence-corrected chi connectivity index (χ4v) is 2.13. The van der Waals surface area contributed by atoms with Gasteiger partial charge in [-0.05, 0) is 13.3 Å². The number of ketones is 1. The summed E-state index contributed by atoms with van der Waals surface area (Å²) < 4.78 is 0. The van der Waals surface area contributed by atoms with Crippen LogP contribution in [0.25, 0.3) is 0 Å². The molecule has 19 heavy (non-hydrogen) atoms. The maximum atomic E-state index is 12.1. The Morgan fingerprint density at radius 2 is 1.95 bits per heavy atom. The molecule has 4 nitrogen and oxygen atoms in total. The van der Waals surface area contributed by atoms with Gasteiger partial charge in [0.2, 0.25) is 0 Å². The SMILES string of the molecule is Cc1ccc(C(=O)CN2CCC=C(C(=O)O)C2)cc1. The van der Waals surface area contributed by atoms with Crippen molar-refractivity contribution in [2.75, 3.05) is 19.6 Å². The van der Waals surface area contributed by atoms with Crippen LogP contribution in [0.5, 0.6) is 0 Å². The predicted octanol–water partition coefficient (Wildman–Crippen LogP) is 1.89. The van der Waals surface area contributed by atoms with E-state index in [1.165, 1.54) is 0 Å². The molecule has 2 rings (SSSR count). The molecule has 1 aromatic rings. The van der Waals surface area contributed by atoms with Crippen LogP contribution in [0.15, 0.2) is 35.9 Å². The molecule has 4 heteroatoms. The summed E-state index contributed by atoms with van der Waals surface area (Å²) in [6.45, 7) is 3.32. The molecule has 0 spiro atoms. The second kappa shape index (κ2) is 5.80. The summed E-state index contributed by atoms with van der Waals surface area (Å²) in [4.78, 5) is 24.9. The third-order valence-corrected chi connectivity index (χ3v) is 3.25. The summed E-state index contributed by atoms with van der Waals surface area (Å²) in [5, 5.41) is 8.96. The van der Waals surface area contributed by atoms with Crippen molar-refractivity contribution in [2.24, 2.45) is 0 Å². The number of nitrogens with zero attached hydrogens (tertiary/aromatic N) is 1. The fourth-order valence-electron chi connectivity index (χ4n) is 2.13. The molecule has 100 valence electrons. The summed E-state index contributed by atoms with van der Waals surface area (Å²) >= 11 is 0. The van der Waals surface area contributed by atoms with Gasteiger partial charge in [0.25, 0.3) is 0 Å². The van der Waals surface area contributed by atoms with Gasteiger partial charge >= 0.3 is 5.97 Å². The van der Waals surface area contributed by atoms with Gasteiger partial charge in [-0.15, -0.1) is 0 Å². The van der Waals surface area contributed by atoms with Crippen LogP contribution in [-0.4, -0.2) is 41.4 Å². The van der Waals surface area contributed by atoms with Crippen LogP contribution in [0.4, 0.5) is 0 Å². The van der Waals surface area contributed by atoms with Gasteiger partial charge in [-0.1, -0.05) is 35.9 Å². The van der Waals surface area contributed by atoms with Crippen LogP contribution in [0.2, 0.25) is 0 Å². The van der Waals surface area contributed by atoms with E-state index in [-0.39, 0.29) is 12.3 Å². The van der Waals surface area contributed by atoms with Crippen molar-refractivity contribution < 1.29 is 14.7 Å². The van der Waals surface area contributed by atoms with Gasteiger partial charge in [-0.2, -0.15) is 0 Å². The van der Waals surface area contributed by atoms with E-state index in [0.717, 1.165) is 12.1 Å². The number of carbonyl (C=O) groups is 2. The first-order chi connectivity index (χ1) is 9.06. The molecular weight excluding hydrogens is 242 g/mol. The second-order valence-electron chi connectivity index (χ2n) is 4.82. The van der Waals surface area contributed by atoms with Crippen LogP contribution in [0.3, 0.4) is 0 Å². The number of carboxylic acid groups (broad SMARTS) is 1. The Morgan fingerprint density at radius 3 is 2.58 bits per heavy atom. The summed E-state index contributed by atoms with van der Waals surface area (Å²) in [5.41, 5.74) is 2.17. The van der Waals surface area contributed by atoms with E-state index in [2.05, 4.69) is 0 Å². The number of benzene rings is 1. The van der Waals surface area contributed by atoms with Crippen molar-refractivity contribution in [2.45, 2.75) is 13.3 Å². The lowest BCUT2D eigenvalue weighted by molar-refractivity contribution is -0.133. The Morgan fingerprint density at radius 1 is 1.26 bits per heavy atom. The maximum absolute atomic E-state index is 12.1. The minimum atomic E-state index is -0.896. The largest absolute Gasteiger partial charge is 0.478 e. The molecule has 0 fully saturated rings. The van der Waals surface area contributed by atoms with Crippen LogP contribution < -0.4 is 0 Å². The van der Waals surface area contributed by atoms with E-state index in [1.54, 1.807) is 6.08 Å². The highest BCUT2D eigenvalue weighted by atomic mass is 16.4. The lowest BCUT2D eigenvalue weighted by atomic mass is 10.1. The number of hydrogen-bond acceptors (Lipinski definition) is 3. The number of Topliss-reactive ketones (excluding diaryl/α,β-unsaturated/α-hetero) is 1. The lowest BCUT2D eigenvalue weighted by Crippen LogP contribution is -2.36. The van der Waals surface area contributed by atoms with Gasteiger partial charge in [0.1, 0.15) is 0 Å². The zero-order valence-corrected chi connectivity index (χ0v) is 10.9. The maximum Gasteiger partial charge on any atom is 0.332 e. The van der Waals surface area contributed by atoms with Crippen LogP contribution >= 0.6 is 0 Å². The highest BCUT2D eigenvalue weighted by molar-refractivity contribution is 5.97. The average Bonchev–Trinajstić information content (AvgIpc) is 2.39. The minimum absolute atomic E-state index is 0.0339. The molecule has 0 amide bonds. The Kier molecular flexibility index (Phi) is 4.12. The molecule has 1 N–H and O–H groups in total. The number of rotatable bonds is 4. The number of aliphatic carboxylic acids is 1. The number of carbonyl (C=O) groups excluding carboxylic acids is 1. The van der Waals surface area contributed by atoms with Crippen molar-refractivity contribution in [1.82, 2.24) is 4.90 Å². The fraction of sp³-hybridized carbons (Fsp3) is 0.333. The first-order valence-corrected chi connectivity index (χ1v) is 6.31. The number of aryl methyl sites for hydroxylation is 1. The highest BCUT2D eigenvalue weighted by Crippen LogP contribution is 2.11. The van der Waals surface area contributed by atoms with Gasteiger partial charge in [-0.25, -0.2) is 4.79 Å². The zero-order chi connectivity index (χ0) is 13.8.